The molecule has 1 aliphatic rings. The van der Waals surface area contributed by atoms with Crippen molar-refractivity contribution >= 4 is 22.4 Å². The van der Waals surface area contributed by atoms with Crippen LogP contribution in [0.3, 0.4) is 0 Å². The zero-order valence-electron chi connectivity index (χ0n) is 22.7. The second-order valence-corrected chi connectivity index (χ2v) is 10.3. The number of nitrogens with zero attached hydrogens (tertiary/aromatic N) is 6. The summed E-state index contributed by atoms with van der Waals surface area (Å²) in [4.78, 5) is 37.7. The fourth-order valence-electron chi connectivity index (χ4n) is 4.78. The molecule has 44 heavy (non-hydrogen) atoms. The van der Waals surface area contributed by atoms with Gasteiger partial charge in [0.2, 0.25) is 0 Å². The van der Waals surface area contributed by atoms with Crippen molar-refractivity contribution in [3.05, 3.63) is 68.5 Å². The number of anilines is 2. The highest BCUT2D eigenvalue weighted by Gasteiger charge is 2.40. The van der Waals surface area contributed by atoms with Crippen molar-refractivity contribution in [2.75, 3.05) is 23.3 Å². The molecule has 4 heterocycles. The standard InChI is InChI=1S/C26H23F7N8O3/c1-12(37-19-8-36-39-23(43)20(19)26(31,32)33)3-2-4-40-11-35-18-6-14(17(27)5-15(18)24(40)44)21-34-7-16(25(28,29)30)22(38-21)41-9-13(42)10-41/h5-8,11-13,42H,2-4,9-10H2,1H3,(H2,37,39,43)/t12-/m0/s1. The maximum atomic E-state index is 15.2. The van der Waals surface area contributed by atoms with Crippen molar-refractivity contribution in [1.82, 2.24) is 29.7 Å². The number of aliphatic hydroxyl groups is 1. The van der Waals surface area contributed by atoms with Crippen molar-refractivity contribution in [2.45, 2.75) is 50.8 Å². The summed E-state index contributed by atoms with van der Waals surface area (Å²) in [5.74, 6) is -1.86. The van der Waals surface area contributed by atoms with E-state index in [1.807, 2.05) is 0 Å². The van der Waals surface area contributed by atoms with Gasteiger partial charge >= 0.3 is 12.4 Å². The number of alkyl halides is 6. The van der Waals surface area contributed by atoms with Crippen molar-refractivity contribution in [2.24, 2.45) is 0 Å². The number of aryl methyl sites for hydroxylation is 1. The Balaban J connectivity index is 1.33. The van der Waals surface area contributed by atoms with Crippen LogP contribution in [0.1, 0.15) is 30.9 Å². The van der Waals surface area contributed by atoms with Gasteiger partial charge in [0, 0.05) is 31.9 Å². The van der Waals surface area contributed by atoms with Crippen LogP contribution in [0.4, 0.5) is 42.2 Å². The molecule has 0 saturated carbocycles. The van der Waals surface area contributed by atoms with E-state index in [0.29, 0.717) is 6.20 Å². The molecule has 1 saturated heterocycles. The molecule has 4 aromatic rings. The van der Waals surface area contributed by atoms with E-state index in [1.54, 1.807) is 12.0 Å². The van der Waals surface area contributed by atoms with Crippen molar-refractivity contribution in [1.29, 1.82) is 0 Å². The molecule has 1 atom stereocenters. The Morgan fingerprint density at radius 3 is 2.48 bits per heavy atom. The van der Waals surface area contributed by atoms with Crippen LogP contribution < -0.4 is 21.3 Å². The zero-order chi connectivity index (χ0) is 32.0. The number of benzene rings is 1. The van der Waals surface area contributed by atoms with Gasteiger partial charge in [-0.1, -0.05) is 0 Å². The van der Waals surface area contributed by atoms with E-state index in [2.05, 4.69) is 25.4 Å². The molecule has 234 valence electrons. The van der Waals surface area contributed by atoms with E-state index in [9.17, 15) is 41.0 Å². The first kappa shape index (κ1) is 30.8. The molecule has 3 N–H and O–H groups in total. The smallest absolute Gasteiger partial charge is 0.389 e. The first-order valence-corrected chi connectivity index (χ1v) is 13.1. The van der Waals surface area contributed by atoms with Crippen molar-refractivity contribution < 1.29 is 35.8 Å². The number of aromatic amines is 1. The summed E-state index contributed by atoms with van der Waals surface area (Å²) < 4.78 is 96.8. The Morgan fingerprint density at radius 1 is 1.09 bits per heavy atom. The fraction of sp³-hybridized carbons (Fsp3) is 0.385. The molecule has 0 bridgehead atoms. The van der Waals surface area contributed by atoms with Gasteiger partial charge in [0.15, 0.2) is 5.82 Å². The van der Waals surface area contributed by atoms with Crippen LogP contribution in [0.25, 0.3) is 22.3 Å². The van der Waals surface area contributed by atoms with Crippen LogP contribution in [0.15, 0.2) is 40.4 Å². The summed E-state index contributed by atoms with van der Waals surface area (Å²) in [7, 11) is 0. The molecule has 1 fully saturated rings. The summed E-state index contributed by atoms with van der Waals surface area (Å²) in [5, 5.41) is 17.2. The highest BCUT2D eigenvalue weighted by Crippen LogP contribution is 2.38. The summed E-state index contributed by atoms with van der Waals surface area (Å²) in [5.41, 5.74) is -5.31. The molecule has 18 heteroatoms. The Kier molecular flexibility index (Phi) is 8.04. The largest absolute Gasteiger partial charge is 0.423 e. The first-order chi connectivity index (χ1) is 20.6. The lowest BCUT2D eigenvalue weighted by Crippen LogP contribution is -2.51. The van der Waals surface area contributed by atoms with Gasteiger partial charge < -0.3 is 15.3 Å². The van der Waals surface area contributed by atoms with Crippen LogP contribution in [-0.4, -0.2) is 60.1 Å². The SMILES string of the molecule is C[C@@H](CCCn1cnc2cc(-c3ncc(C(F)(F)F)c(N4CC(O)C4)n3)c(F)cc2c1=O)Nc1cn[nH]c(=O)c1C(F)(F)F. The number of β-amino-alcohol motifs (C(OH)–C–C–N with tert-alkyl or cyclic N) is 1. The van der Waals surface area contributed by atoms with Gasteiger partial charge in [-0.15, -0.1) is 0 Å². The minimum atomic E-state index is -4.91. The molecule has 1 aromatic carbocycles. The van der Waals surface area contributed by atoms with E-state index in [1.165, 1.54) is 15.8 Å². The van der Waals surface area contributed by atoms with Gasteiger partial charge in [0.05, 0.1) is 40.8 Å². The predicted molar refractivity (Wildman–Crippen MR) is 142 cm³/mol. The second-order valence-electron chi connectivity index (χ2n) is 10.3. The normalized spacial score (nSPS) is 15.0. The van der Waals surface area contributed by atoms with E-state index >= 15 is 4.39 Å². The molecule has 0 radical (unpaired) electrons. The van der Waals surface area contributed by atoms with Gasteiger partial charge in [0.25, 0.3) is 11.1 Å². The maximum Gasteiger partial charge on any atom is 0.423 e. The van der Waals surface area contributed by atoms with Gasteiger partial charge in [-0.05, 0) is 31.9 Å². The summed E-state index contributed by atoms with van der Waals surface area (Å²) in [6, 6.07) is 1.47. The average molecular weight is 629 g/mol. The van der Waals surface area contributed by atoms with Gasteiger partial charge in [-0.25, -0.2) is 24.4 Å². The molecule has 0 amide bonds. The minimum absolute atomic E-state index is 0.0311. The molecular weight excluding hydrogens is 605 g/mol. The monoisotopic (exact) mass is 628 g/mol. The third-order valence-electron chi connectivity index (χ3n) is 6.97. The molecule has 11 nitrogen and oxygen atoms in total. The number of hydrogen-bond donors (Lipinski definition) is 3. The number of halogens is 7. The zero-order valence-corrected chi connectivity index (χ0v) is 22.7. The maximum absolute atomic E-state index is 15.2. The van der Waals surface area contributed by atoms with Crippen LogP contribution in [-0.2, 0) is 18.9 Å². The molecule has 0 unspecified atom stereocenters. The number of aromatic nitrogens is 6. The fourth-order valence-corrected chi connectivity index (χ4v) is 4.78. The molecule has 3 aromatic heterocycles. The van der Waals surface area contributed by atoms with Gasteiger partial charge in [-0.3, -0.25) is 14.2 Å². The van der Waals surface area contributed by atoms with Crippen molar-refractivity contribution in [3.8, 4) is 11.4 Å². The number of aliphatic hydroxyl groups excluding tert-OH is 1. The van der Waals surface area contributed by atoms with Gasteiger partial charge in [0.1, 0.15) is 22.8 Å². The van der Waals surface area contributed by atoms with Gasteiger partial charge in [-0.2, -0.15) is 31.4 Å². The average Bonchev–Trinajstić information content (AvgIpc) is 2.91. The number of hydrogen-bond acceptors (Lipinski definition) is 9. The minimum Gasteiger partial charge on any atom is -0.389 e. The third kappa shape index (κ3) is 6.20. The first-order valence-electron chi connectivity index (χ1n) is 13.1. The number of H-pyrrole nitrogens is 1. The number of rotatable bonds is 8. The number of fused-ring (bicyclic) bond motifs is 1. The predicted octanol–water partition coefficient (Wildman–Crippen LogP) is 3.58. The quantitative estimate of drug-likeness (QED) is 0.250. The lowest BCUT2D eigenvalue weighted by atomic mass is 10.1. The van der Waals surface area contributed by atoms with Crippen molar-refractivity contribution in [3.63, 3.8) is 0 Å². The second kappa shape index (κ2) is 11.5. The topological polar surface area (TPSA) is 142 Å². The van der Waals surface area contributed by atoms with E-state index in [0.717, 1.165) is 18.3 Å². The van der Waals surface area contributed by atoms with Crippen LogP contribution in [0, 0.1) is 5.82 Å². The Labute approximate surface area is 242 Å². The highest BCUT2D eigenvalue weighted by molar-refractivity contribution is 5.82. The summed E-state index contributed by atoms with van der Waals surface area (Å²) in [6.07, 6.45) is -7.40. The molecular formula is C26H23F7N8O3. The third-order valence-corrected chi connectivity index (χ3v) is 6.97. The lowest BCUT2D eigenvalue weighted by Gasteiger charge is -2.38. The molecule has 5 rings (SSSR count). The molecule has 0 spiro atoms. The Morgan fingerprint density at radius 2 is 1.82 bits per heavy atom. The number of nitrogens with one attached hydrogen (secondary N) is 2. The highest BCUT2D eigenvalue weighted by atomic mass is 19.4. The summed E-state index contributed by atoms with van der Waals surface area (Å²) >= 11 is 0. The molecule has 0 aliphatic carbocycles. The summed E-state index contributed by atoms with van der Waals surface area (Å²) in [6.45, 7) is 1.48. The Bertz CT molecular complexity index is 1820. The van der Waals surface area contributed by atoms with E-state index in [4.69, 9.17) is 0 Å². The van der Waals surface area contributed by atoms with Crippen LogP contribution in [0.5, 0.6) is 0 Å². The van der Waals surface area contributed by atoms with E-state index in [-0.39, 0.29) is 54.8 Å². The van der Waals surface area contributed by atoms with Crippen LogP contribution in [0.2, 0.25) is 0 Å². The Hall–Kier alpha value is -4.61. The van der Waals surface area contributed by atoms with Crippen LogP contribution >= 0.6 is 0 Å². The van der Waals surface area contributed by atoms with E-state index < -0.39 is 64.1 Å². The lowest BCUT2D eigenvalue weighted by molar-refractivity contribution is -0.138. The molecule has 1 aliphatic heterocycles.